The molecule has 2 aromatic rings. The Bertz CT molecular complexity index is 850. The topological polar surface area (TPSA) is 88.9 Å². The summed E-state index contributed by atoms with van der Waals surface area (Å²) in [7, 11) is 0. The van der Waals surface area contributed by atoms with Crippen LogP contribution in [0, 0.1) is 11.3 Å². The fourth-order valence-electron chi connectivity index (χ4n) is 3.67. The molecule has 7 nitrogen and oxygen atoms in total. The van der Waals surface area contributed by atoms with E-state index in [0.29, 0.717) is 13.1 Å². The van der Waals surface area contributed by atoms with Gasteiger partial charge in [-0.25, -0.2) is 9.97 Å². The molecular weight excluding hydrogens is 292 g/mol. The maximum absolute atomic E-state index is 12.2. The Hall–Kier alpha value is -2.88. The molecule has 0 bridgehead atoms. The molecule has 7 heteroatoms. The Morgan fingerprint density at radius 2 is 2.39 bits per heavy atom. The third-order valence-corrected chi connectivity index (χ3v) is 4.94. The van der Waals surface area contributed by atoms with Gasteiger partial charge in [-0.2, -0.15) is 5.26 Å². The Labute approximate surface area is 133 Å². The summed E-state index contributed by atoms with van der Waals surface area (Å²) in [6.45, 7) is 6.14. The molecule has 2 fully saturated rings. The molecule has 0 unspecified atom stereocenters. The van der Waals surface area contributed by atoms with E-state index in [1.165, 1.54) is 0 Å². The van der Waals surface area contributed by atoms with E-state index < -0.39 is 0 Å². The van der Waals surface area contributed by atoms with Crippen LogP contribution in [0.15, 0.2) is 30.7 Å². The van der Waals surface area contributed by atoms with Crippen molar-refractivity contribution in [3.63, 3.8) is 0 Å². The molecule has 2 aliphatic rings. The average molecular weight is 308 g/mol. The number of likely N-dealkylation sites (tertiary alicyclic amines) is 1. The molecule has 116 valence electrons. The third kappa shape index (κ3) is 1.84. The summed E-state index contributed by atoms with van der Waals surface area (Å²) < 4.78 is 0. The van der Waals surface area contributed by atoms with Crippen molar-refractivity contribution in [2.24, 2.45) is 0 Å². The normalized spacial score (nSPS) is 23.3. The Morgan fingerprint density at radius 3 is 3.17 bits per heavy atom. The van der Waals surface area contributed by atoms with Crippen molar-refractivity contribution >= 4 is 22.8 Å². The van der Waals surface area contributed by atoms with Gasteiger partial charge in [0, 0.05) is 25.8 Å². The number of H-pyrrole nitrogens is 1. The average Bonchev–Trinajstić information content (AvgIpc) is 3.20. The molecule has 1 spiro atoms. The maximum Gasteiger partial charge on any atom is 0.237 e. The molecule has 1 atom stereocenters. The second kappa shape index (κ2) is 4.81. The highest BCUT2D eigenvalue weighted by Gasteiger charge is 2.54. The van der Waals surface area contributed by atoms with E-state index in [4.69, 9.17) is 5.26 Å². The van der Waals surface area contributed by atoms with Crippen molar-refractivity contribution in [3.8, 4) is 6.07 Å². The first-order valence-electron chi connectivity index (χ1n) is 7.54. The van der Waals surface area contributed by atoms with Crippen LogP contribution in [-0.4, -0.2) is 50.9 Å². The van der Waals surface area contributed by atoms with Crippen LogP contribution in [0.5, 0.6) is 0 Å². The minimum absolute atomic E-state index is 0.0788. The number of carbonyl (C=O) groups is 1. The number of fused-ring (bicyclic) bond motifs is 1. The van der Waals surface area contributed by atoms with Gasteiger partial charge in [-0.1, -0.05) is 6.58 Å². The minimum Gasteiger partial charge on any atom is -0.353 e. The van der Waals surface area contributed by atoms with Crippen molar-refractivity contribution in [1.82, 2.24) is 19.9 Å². The number of anilines is 1. The van der Waals surface area contributed by atoms with E-state index in [1.54, 1.807) is 11.2 Å². The molecule has 1 N–H and O–H groups in total. The second-order valence-electron chi connectivity index (χ2n) is 6.06. The standard InChI is InChI=1S/C16H16N6O/c1-11-8-22(13(23)2-5-17)16(11)4-7-21(9-16)15-12-3-6-18-14(12)19-10-20-15/h3,6,10H,1-2,4,7-9H2,(H,18,19,20)/t16-/m0/s1. The van der Waals surface area contributed by atoms with E-state index >= 15 is 0 Å². The monoisotopic (exact) mass is 308 g/mol. The zero-order chi connectivity index (χ0) is 16.0. The number of aromatic nitrogens is 3. The Morgan fingerprint density at radius 1 is 1.52 bits per heavy atom. The summed E-state index contributed by atoms with van der Waals surface area (Å²) in [6, 6.07) is 3.90. The van der Waals surface area contributed by atoms with E-state index in [2.05, 4.69) is 26.4 Å². The van der Waals surface area contributed by atoms with Crippen molar-refractivity contribution < 1.29 is 4.79 Å². The SMILES string of the molecule is C=C1CN(C(=O)CC#N)[C@]12CCN(c1ncnc3[nH]ccc13)C2. The van der Waals surface area contributed by atoms with Gasteiger partial charge < -0.3 is 14.8 Å². The molecule has 0 aliphatic carbocycles. The molecule has 0 radical (unpaired) electrons. The smallest absolute Gasteiger partial charge is 0.237 e. The first-order chi connectivity index (χ1) is 11.2. The Balaban J connectivity index is 1.64. The molecule has 0 saturated carbocycles. The van der Waals surface area contributed by atoms with Gasteiger partial charge in [0.15, 0.2) is 0 Å². The maximum atomic E-state index is 12.2. The van der Waals surface area contributed by atoms with Gasteiger partial charge in [-0.05, 0) is 18.1 Å². The number of hydrogen-bond acceptors (Lipinski definition) is 5. The fraction of sp³-hybridized carbons (Fsp3) is 0.375. The summed E-state index contributed by atoms with van der Waals surface area (Å²) in [5, 5.41) is 9.75. The summed E-state index contributed by atoms with van der Waals surface area (Å²) in [5.41, 5.74) is 1.52. The predicted molar refractivity (Wildman–Crippen MR) is 84.5 cm³/mol. The molecule has 0 aromatic carbocycles. The van der Waals surface area contributed by atoms with Gasteiger partial charge in [0.25, 0.3) is 0 Å². The number of amides is 1. The minimum atomic E-state index is -0.346. The fourth-order valence-corrected chi connectivity index (χ4v) is 3.67. The largest absolute Gasteiger partial charge is 0.353 e. The molecule has 2 aliphatic heterocycles. The summed E-state index contributed by atoms with van der Waals surface area (Å²) >= 11 is 0. The van der Waals surface area contributed by atoms with Crippen molar-refractivity contribution in [3.05, 3.63) is 30.7 Å². The first kappa shape index (κ1) is 13.8. The van der Waals surface area contributed by atoms with E-state index in [0.717, 1.165) is 35.4 Å². The van der Waals surface area contributed by atoms with Gasteiger partial charge in [0.05, 0.1) is 17.0 Å². The second-order valence-corrected chi connectivity index (χ2v) is 6.06. The lowest BCUT2D eigenvalue weighted by Crippen LogP contribution is -2.65. The lowest BCUT2D eigenvalue weighted by atomic mass is 9.79. The number of nitrogens with zero attached hydrogens (tertiary/aromatic N) is 5. The number of nitrogens with one attached hydrogen (secondary N) is 1. The number of carbonyl (C=O) groups excluding carboxylic acids is 1. The van der Waals surface area contributed by atoms with Crippen LogP contribution < -0.4 is 4.90 Å². The highest BCUT2D eigenvalue weighted by molar-refractivity contribution is 5.88. The Kier molecular flexibility index (Phi) is 2.88. The van der Waals surface area contributed by atoms with Crippen molar-refractivity contribution in [1.29, 1.82) is 5.26 Å². The molecule has 4 rings (SSSR count). The first-order valence-corrected chi connectivity index (χ1v) is 7.54. The summed E-state index contributed by atoms with van der Waals surface area (Å²) in [6.07, 6.45) is 4.14. The van der Waals surface area contributed by atoms with Crippen LogP contribution in [0.1, 0.15) is 12.8 Å². The lowest BCUT2D eigenvalue weighted by molar-refractivity contribution is -0.138. The molecule has 2 aromatic heterocycles. The van der Waals surface area contributed by atoms with Crippen LogP contribution in [0.3, 0.4) is 0 Å². The van der Waals surface area contributed by atoms with Crippen molar-refractivity contribution in [2.75, 3.05) is 24.5 Å². The van der Waals surface area contributed by atoms with Crippen LogP contribution in [0.2, 0.25) is 0 Å². The molecule has 4 heterocycles. The highest BCUT2D eigenvalue weighted by Crippen LogP contribution is 2.44. The van der Waals surface area contributed by atoms with Gasteiger partial charge >= 0.3 is 0 Å². The van der Waals surface area contributed by atoms with E-state index in [-0.39, 0.29) is 17.9 Å². The molecule has 2 saturated heterocycles. The highest BCUT2D eigenvalue weighted by atomic mass is 16.2. The van der Waals surface area contributed by atoms with Crippen LogP contribution >= 0.6 is 0 Å². The van der Waals surface area contributed by atoms with Crippen LogP contribution in [0.4, 0.5) is 5.82 Å². The molecule has 1 amide bonds. The van der Waals surface area contributed by atoms with Crippen molar-refractivity contribution in [2.45, 2.75) is 18.4 Å². The number of aromatic amines is 1. The predicted octanol–water partition coefficient (Wildman–Crippen LogP) is 1.22. The summed E-state index contributed by atoms with van der Waals surface area (Å²) in [5.74, 6) is 0.761. The number of hydrogen-bond donors (Lipinski definition) is 1. The summed E-state index contributed by atoms with van der Waals surface area (Å²) in [4.78, 5) is 27.9. The van der Waals surface area contributed by atoms with Crippen LogP contribution in [0.25, 0.3) is 11.0 Å². The zero-order valence-electron chi connectivity index (χ0n) is 12.6. The van der Waals surface area contributed by atoms with Crippen LogP contribution in [-0.2, 0) is 4.79 Å². The lowest BCUT2D eigenvalue weighted by Gasteiger charge is -2.52. The van der Waals surface area contributed by atoms with Gasteiger partial charge in [-0.15, -0.1) is 0 Å². The number of nitriles is 1. The molecule has 23 heavy (non-hydrogen) atoms. The van der Waals surface area contributed by atoms with E-state index in [9.17, 15) is 4.79 Å². The zero-order valence-corrected chi connectivity index (χ0v) is 12.6. The third-order valence-electron chi connectivity index (χ3n) is 4.94. The van der Waals surface area contributed by atoms with Gasteiger partial charge in [0.2, 0.25) is 5.91 Å². The number of rotatable bonds is 2. The van der Waals surface area contributed by atoms with Gasteiger partial charge in [-0.3, -0.25) is 4.79 Å². The van der Waals surface area contributed by atoms with E-state index in [1.807, 2.05) is 18.3 Å². The quantitative estimate of drug-likeness (QED) is 0.843. The molecular formula is C16H16N6O. The van der Waals surface area contributed by atoms with Gasteiger partial charge in [0.1, 0.15) is 24.2 Å².